The Kier molecular flexibility index (Phi) is 8.20. The van der Waals surface area contributed by atoms with Crippen molar-refractivity contribution >= 4 is 29.3 Å². The number of aldehydes is 1. The Morgan fingerprint density at radius 3 is 2.58 bits per heavy atom. The van der Waals surface area contributed by atoms with E-state index in [9.17, 15) is 14.9 Å². The van der Waals surface area contributed by atoms with Crippen molar-refractivity contribution in [3.63, 3.8) is 0 Å². The third-order valence-corrected chi connectivity index (χ3v) is 5.48. The minimum Gasteiger partial charge on any atom is -0.494 e. The molecule has 0 fully saturated rings. The van der Waals surface area contributed by atoms with Gasteiger partial charge in [0.25, 0.3) is 5.69 Å². The fourth-order valence-electron chi connectivity index (χ4n) is 3.71. The summed E-state index contributed by atoms with van der Waals surface area (Å²) in [7, 11) is 3.06. The van der Waals surface area contributed by atoms with Gasteiger partial charge in [-0.15, -0.1) is 0 Å². The highest BCUT2D eigenvalue weighted by atomic mass is 16.6. The summed E-state index contributed by atoms with van der Waals surface area (Å²) in [6, 6.07) is 4.66. The minimum absolute atomic E-state index is 0.0927. The first-order valence-corrected chi connectivity index (χ1v) is 11.4. The van der Waals surface area contributed by atoms with Crippen molar-refractivity contribution in [3.8, 4) is 11.6 Å². The van der Waals surface area contributed by atoms with Crippen LogP contribution in [0.2, 0.25) is 0 Å². The van der Waals surface area contributed by atoms with E-state index < -0.39 is 4.92 Å². The van der Waals surface area contributed by atoms with Gasteiger partial charge in [0.05, 0.1) is 35.6 Å². The predicted molar refractivity (Wildman–Crippen MR) is 136 cm³/mol. The lowest BCUT2D eigenvalue weighted by Crippen LogP contribution is -2.27. The molecule has 0 saturated carbocycles. The molecule has 0 amide bonds. The maximum Gasteiger partial charge on any atom is 0.294 e. The van der Waals surface area contributed by atoms with Crippen molar-refractivity contribution in [1.29, 1.82) is 0 Å². The number of nitrogens with zero attached hydrogens (tertiary/aromatic N) is 6. The molecular weight excluding hydrogens is 466 g/mol. The molecule has 0 aliphatic rings. The molecule has 2 aromatic heterocycles. The van der Waals surface area contributed by atoms with Crippen LogP contribution in [0.5, 0.6) is 5.75 Å². The van der Waals surface area contributed by atoms with Crippen LogP contribution >= 0.6 is 0 Å². The van der Waals surface area contributed by atoms with Gasteiger partial charge >= 0.3 is 0 Å². The Bertz CT molecular complexity index is 1240. The summed E-state index contributed by atoms with van der Waals surface area (Å²) >= 11 is 0. The molecule has 192 valence electrons. The number of benzene rings is 1. The zero-order chi connectivity index (χ0) is 26.5. The van der Waals surface area contributed by atoms with Crippen LogP contribution in [0.3, 0.4) is 0 Å². The number of carbonyl (C=O) groups excluding carboxylic acids is 1. The molecule has 1 aromatic carbocycles. The second kappa shape index (κ2) is 11.1. The van der Waals surface area contributed by atoms with Crippen LogP contribution in [-0.4, -0.2) is 64.9 Å². The van der Waals surface area contributed by atoms with Crippen LogP contribution in [0.4, 0.5) is 23.0 Å². The molecule has 36 heavy (non-hydrogen) atoms. The van der Waals surface area contributed by atoms with E-state index in [0.717, 1.165) is 6.29 Å². The number of anilines is 3. The third kappa shape index (κ3) is 5.77. The molecule has 0 saturated heterocycles. The van der Waals surface area contributed by atoms with Crippen molar-refractivity contribution in [2.75, 3.05) is 44.1 Å². The summed E-state index contributed by atoms with van der Waals surface area (Å²) in [4.78, 5) is 33.6. The van der Waals surface area contributed by atoms with Crippen LogP contribution in [0.15, 0.2) is 30.6 Å². The Labute approximate surface area is 209 Å². The number of rotatable bonds is 11. The number of hydrogen-bond acceptors (Lipinski definition) is 10. The minimum atomic E-state index is -0.439. The van der Waals surface area contributed by atoms with Gasteiger partial charge in [-0.2, -0.15) is 10.1 Å². The van der Waals surface area contributed by atoms with E-state index in [1.807, 2.05) is 32.6 Å². The van der Waals surface area contributed by atoms with Gasteiger partial charge in [-0.1, -0.05) is 20.8 Å². The third-order valence-electron chi connectivity index (χ3n) is 5.48. The number of nitrogens with one attached hydrogen (secondary N) is 1. The monoisotopic (exact) mass is 497 g/mol. The molecule has 0 unspecified atom stereocenters. The predicted octanol–water partition coefficient (Wildman–Crippen LogP) is 3.91. The number of nitro benzene ring substituents is 1. The summed E-state index contributed by atoms with van der Waals surface area (Å²) in [5.74, 6) is 0.991. The molecule has 0 aliphatic heterocycles. The molecule has 0 aliphatic carbocycles. The van der Waals surface area contributed by atoms with Crippen LogP contribution in [0.25, 0.3) is 5.82 Å². The van der Waals surface area contributed by atoms with E-state index in [2.05, 4.69) is 20.4 Å². The summed E-state index contributed by atoms with van der Waals surface area (Å²) in [5, 5.41) is 19.5. The number of hydrogen-bond donors (Lipinski definition) is 1. The van der Waals surface area contributed by atoms with Crippen molar-refractivity contribution in [3.05, 3.63) is 52.0 Å². The average molecular weight is 498 g/mol. The van der Waals surface area contributed by atoms with Gasteiger partial charge in [-0.3, -0.25) is 14.9 Å². The van der Waals surface area contributed by atoms with Gasteiger partial charge in [-0.05, 0) is 6.92 Å². The highest BCUT2D eigenvalue weighted by Crippen LogP contribution is 2.39. The van der Waals surface area contributed by atoms with Gasteiger partial charge in [0.15, 0.2) is 12.1 Å². The zero-order valence-corrected chi connectivity index (χ0v) is 21.3. The first-order valence-electron chi connectivity index (χ1n) is 11.4. The summed E-state index contributed by atoms with van der Waals surface area (Å²) in [5.41, 5.74) is 1.44. The molecule has 2 heterocycles. The number of ether oxygens (including phenoxy) is 2. The second-order valence-electron chi connectivity index (χ2n) is 8.98. The molecule has 0 bridgehead atoms. The van der Waals surface area contributed by atoms with E-state index in [1.165, 1.54) is 24.1 Å². The normalized spacial score (nSPS) is 11.3. The van der Waals surface area contributed by atoms with Crippen LogP contribution < -0.4 is 15.0 Å². The first kappa shape index (κ1) is 26.5. The lowest BCUT2D eigenvalue weighted by molar-refractivity contribution is -0.384. The van der Waals surface area contributed by atoms with Crippen molar-refractivity contribution in [1.82, 2.24) is 19.7 Å². The highest BCUT2D eigenvalue weighted by Gasteiger charge is 2.24. The molecule has 12 heteroatoms. The molecule has 3 rings (SSSR count). The first-order chi connectivity index (χ1) is 17.1. The van der Waals surface area contributed by atoms with E-state index in [4.69, 9.17) is 9.47 Å². The number of methoxy groups -OCH3 is 2. The van der Waals surface area contributed by atoms with Crippen molar-refractivity contribution < 1.29 is 19.2 Å². The fourth-order valence-corrected chi connectivity index (χ4v) is 3.71. The molecule has 3 aromatic rings. The number of carbonyl (C=O) groups is 1. The van der Waals surface area contributed by atoms with Crippen LogP contribution in [0, 0.1) is 10.1 Å². The lowest BCUT2D eigenvalue weighted by Gasteiger charge is -2.23. The topological polar surface area (TPSA) is 138 Å². The fraction of sp³-hybridized carbons (Fsp3) is 0.417. The molecule has 0 atom stereocenters. The average Bonchev–Trinajstić information content (AvgIpc) is 3.30. The standard InChI is InChI=1S/C24H31N7O5/c1-7-29(10-11-35-5)18-13-20(36-6)17(12-19(18)31(33)34)26-23-25-9-8-21(27-23)30-14-16(15-32)22(28-30)24(2,3)4/h8-9,12-15H,7,10-11H2,1-6H3,(H,25,26,27). The van der Waals surface area contributed by atoms with E-state index >= 15 is 0 Å². The van der Waals surface area contributed by atoms with E-state index in [1.54, 1.807) is 25.4 Å². The number of likely N-dealkylation sites (N-methyl/N-ethyl adjacent to an activating group) is 1. The molecule has 12 nitrogen and oxygen atoms in total. The number of nitro groups is 1. The highest BCUT2D eigenvalue weighted by molar-refractivity contribution is 5.77. The Hall–Kier alpha value is -4.06. The van der Waals surface area contributed by atoms with E-state index in [-0.39, 0.29) is 17.1 Å². The smallest absolute Gasteiger partial charge is 0.294 e. The number of aromatic nitrogens is 4. The van der Waals surface area contributed by atoms with Crippen molar-refractivity contribution in [2.45, 2.75) is 33.1 Å². The van der Waals surface area contributed by atoms with Crippen LogP contribution in [-0.2, 0) is 10.2 Å². The SMILES string of the molecule is CCN(CCOC)c1cc(OC)c(Nc2nccc(-n3cc(C=O)c(C(C)(C)C)n3)n2)cc1[N+](=O)[O-]. The van der Waals surface area contributed by atoms with Gasteiger partial charge in [-0.25, -0.2) is 9.67 Å². The van der Waals surface area contributed by atoms with Gasteiger partial charge < -0.3 is 19.7 Å². The largest absolute Gasteiger partial charge is 0.494 e. The van der Waals surface area contributed by atoms with E-state index in [0.29, 0.717) is 53.9 Å². The summed E-state index contributed by atoms with van der Waals surface area (Å²) in [6.45, 7) is 9.27. The Morgan fingerprint density at radius 2 is 2.03 bits per heavy atom. The molecule has 0 radical (unpaired) electrons. The second-order valence-corrected chi connectivity index (χ2v) is 8.98. The van der Waals surface area contributed by atoms with Gasteiger partial charge in [0, 0.05) is 56.2 Å². The Morgan fingerprint density at radius 1 is 1.28 bits per heavy atom. The van der Waals surface area contributed by atoms with Gasteiger partial charge in [0.2, 0.25) is 5.95 Å². The van der Waals surface area contributed by atoms with Crippen molar-refractivity contribution in [2.24, 2.45) is 0 Å². The maximum atomic E-state index is 11.9. The lowest BCUT2D eigenvalue weighted by atomic mass is 9.90. The Balaban J connectivity index is 2.00. The summed E-state index contributed by atoms with van der Waals surface area (Å²) in [6.07, 6.45) is 3.91. The summed E-state index contributed by atoms with van der Waals surface area (Å²) < 4.78 is 12.2. The molecule has 0 spiro atoms. The van der Waals surface area contributed by atoms with Gasteiger partial charge in [0.1, 0.15) is 11.4 Å². The quantitative estimate of drug-likeness (QED) is 0.236. The maximum absolute atomic E-state index is 11.9. The molecular formula is C24H31N7O5. The molecule has 1 N–H and O–H groups in total. The zero-order valence-electron chi connectivity index (χ0n) is 21.3. The van der Waals surface area contributed by atoms with Crippen LogP contribution in [0.1, 0.15) is 43.7 Å².